The molecule has 0 saturated carbocycles. The first-order valence-electron chi connectivity index (χ1n) is 21.3. The Bertz CT molecular complexity index is 652. The maximum absolute atomic E-state index is 12.2. The Balaban J connectivity index is 3.78. The van der Waals surface area contributed by atoms with Gasteiger partial charge in [0.15, 0.2) is 0 Å². The molecule has 0 aromatic rings. The van der Waals surface area contributed by atoms with E-state index >= 15 is 0 Å². The van der Waals surface area contributed by atoms with Crippen molar-refractivity contribution in [1.29, 1.82) is 0 Å². The molecule has 0 spiro atoms. The van der Waals surface area contributed by atoms with Crippen LogP contribution in [0, 0.1) is 0 Å². The van der Waals surface area contributed by atoms with E-state index in [0.29, 0.717) is 18.5 Å². The zero-order valence-electron chi connectivity index (χ0n) is 32.4. The first-order chi connectivity index (χ1) is 23.6. The number of hydrogen-bond donors (Lipinski definition) is 1. The van der Waals surface area contributed by atoms with Crippen molar-refractivity contribution in [3.8, 4) is 0 Å². The van der Waals surface area contributed by atoms with E-state index in [1.807, 2.05) is 0 Å². The Kier molecular flexibility index (Phi) is 40.8. The Hall–Kier alpha value is 0.550. The molecule has 0 heterocycles. The summed E-state index contributed by atoms with van der Waals surface area (Å²) in [6.45, 7) is 6.48. The molecule has 1 unspecified atom stereocenters. The summed E-state index contributed by atoms with van der Waals surface area (Å²) in [6.07, 6.45) is 43.2. The van der Waals surface area contributed by atoms with Gasteiger partial charge in [-0.1, -0.05) is 222 Å². The van der Waals surface area contributed by atoms with Crippen LogP contribution in [0.5, 0.6) is 0 Å². The largest absolute Gasteiger partial charge is 0.379 e. The van der Waals surface area contributed by atoms with E-state index in [9.17, 15) is 9.46 Å². The average molecular weight is 768 g/mol. The molecule has 290 valence electrons. The summed E-state index contributed by atoms with van der Waals surface area (Å²) < 4.78 is 29.6. The summed E-state index contributed by atoms with van der Waals surface area (Å²) in [7, 11) is -3.58. The molecular weight excluding hydrogens is 683 g/mol. The van der Waals surface area contributed by atoms with Crippen LogP contribution in [0.15, 0.2) is 0 Å². The molecule has 0 saturated heterocycles. The summed E-state index contributed by atoms with van der Waals surface area (Å²) >= 11 is 3.24. The molecule has 0 bridgehead atoms. The van der Waals surface area contributed by atoms with Gasteiger partial charge in [0.2, 0.25) is 0 Å². The number of alkyl halides is 1. The van der Waals surface area contributed by atoms with Gasteiger partial charge in [-0.15, -0.1) is 0 Å². The van der Waals surface area contributed by atoms with Gasteiger partial charge in [0.25, 0.3) is 0 Å². The van der Waals surface area contributed by atoms with Crippen molar-refractivity contribution in [1.82, 2.24) is 0 Å². The third-order valence-electron chi connectivity index (χ3n) is 9.63. The van der Waals surface area contributed by atoms with E-state index in [0.717, 1.165) is 19.4 Å². The van der Waals surface area contributed by atoms with Gasteiger partial charge >= 0.3 is 7.60 Å². The molecule has 2 atom stereocenters. The third-order valence-corrected chi connectivity index (χ3v) is 12.0. The van der Waals surface area contributed by atoms with Crippen molar-refractivity contribution in [3.05, 3.63) is 0 Å². The molecule has 0 rings (SSSR count). The lowest BCUT2D eigenvalue weighted by Gasteiger charge is -2.20. The quantitative estimate of drug-likeness (QED) is 0.0381. The summed E-state index contributed by atoms with van der Waals surface area (Å²) in [5.41, 5.74) is 0. The highest BCUT2D eigenvalue weighted by Gasteiger charge is 2.21. The van der Waals surface area contributed by atoms with Gasteiger partial charge < -0.3 is 18.9 Å². The van der Waals surface area contributed by atoms with E-state index in [2.05, 4.69) is 29.8 Å². The third kappa shape index (κ3) is 39.3. The molecular formula is C41H84BrO5P. The number of ether oxygens (including phenoxy) is 2. The van der Waals surface area contributed by atoms with E-state index in [1.54, 1.807) is 0 Å². The molecule has 48 heavy (non-hydrogen) atoms. The molecule has 0 aliphatic heterocycles. The molecule has 1 N–H and O–H groups in total. The normalized spacial score (nSPS) is 13.7. The number of halogens is 1. The summed E-state index contributed by atoms with van der Waals surface area (Å²) in [4.78, 5) is 10.0. The van der Waals surface area contributed by atoms with Crippen LogP contribution >= 0.6 is 23.5 Å². The van der Waals surface area contributed by atoms with Gasteiger partial charge in [0, 0.05) is 18.5 Å². The van der Waals surface area contributed by atoms with Crippen LogP contribution in [-0.2, 0) is 18.6 Å². The fraction of sp³-hybridized carbons (Fsp3) is 1.00. The minimum atomic E-state index is -3.58. The van der Waals surface area contributed by atoms with Crippen molar-refractivity contribution in [3.63, 3.8) is 0 Å². The Morgan fingerprint density at radius 1 is 0.479 bits per heavy atom. The predicted octanol–water partition coefficient (Wildman–Crippen LogP) is 14.5. The molecule has 0 amide bonds. The smallest absolute Gasteiger partial charge is 0.329 e. The maximum atomic E-state index is 12.2. The SMILES string of the molecule is CCCCCCCCCCCCCCCCCCOC[C@H](COP(=O)(O)CCBr)OCCCCCCCCCCCCCCCCCC. The molecule has 0 aliphatic carbocycles. The van der Waals surface area contributed by atoms with Gasteiger partial charge in [-0.25, -0.2) is 0 Å². The maximum Gasteiger partial charge on any atom is 0.329 e. The lowest BCUT2D eigenvalue weighted by molar-refractivity contribution is -0.0402. The first kappa shape index (κ1) is 48.5. The van der Waals surface area contributed by atoms with Gasteiger partial charge in [-0.2, -0.15) is 0 Å². The fourth-order valence-corrected chi connectivity index (χ4v) is 8.47. The van der Waals surface area contributed by atoms with Crippen LogP contribution < -0.4 is 0 Å². The van der Waals surface area contributed by atoms with E-state index < -0.39 is 7.60 Å². The fourth-order valence-electron chi connectivity index (χ4n) is 6.38. The lowest BCUT2D eigenvalue weighted by Crippen LogP contribution is -2.26. The molecule has 5 nitrogen and oxygen atoms in total. The van der Waals surface area contributed by atoms with E-state index in [1.165, 1.54) is 193 Å². The second-order valence-corrected chi connectivity index (χ2v) is 17.3. The van der Waals surface area contributed by atoms with Crippen molar-refractivity contribution < 1.29 is 23.5 Å². The van der Waals surface area contributed by atoms with Gasteiger partial charge in [-0.3, -0.25) is 4.57 Å². The molecule has 0 aliphatic rings. The second kappa shape index (κ2) is 40.3. The van der Waals surface area contributed by atoms with Crippen LogP contribution in [0.3, 0.4) is 0 Å². The zero-order valence-corrected chi connectivity index (χ0v) is 34.8. The van der Waals surface area contributed by atoms with Gasteiger partial charge in [-0.05, 0) is 12.8 Å². The van der Waals surface area contributed by atoms with Gasteiger partial charge in [0.1, 0.15) is 6.10 Å². The van der Waals surface area contributed by atoms with Crippen molar-refractivity contribution in [2.75, 3.05) is 37.9 Å². The van der Waals surface area contributed by atoms with Gasteiger partial charge in [0.05, 0.1) is 19.4 Å². The summed E-state index contributed by atoms with van der Waals surface area (Å²) in [5, 5.41) is 0.446. The van der Waals surface area contributed by atoms with Crippen molar-refractivity contribution >= 4 is 23.5 Å². The molecule has 7 heteroatoms. The predicted molar refractivity (Wildman–Crippen MR) is 214 cm³/mol. The molecule has 0 fully saturated rings. The van der Waals surface area contributed by atoms with E-state index in [-0.39, 0.29) is 18.9 Å². The molecule has 0 radical (unpaired) electrons. The Labute approximate surface area is 309 Å². The highest BCUT2D eigenvalue weighted by atomic mass is 79.9. The Morgan fingerprint density at radius 2 is 0.792 bits per heavy atom. The summed E-state index contributed by atoms with van der Waals surface area (Å²) in [5.74, 6) is 0. The monoisotopic (exact) mass is 767 g/mol. The number of rotatable bonds is 42. The van der Waals surface area contributed by atoms with Crippen molar-refractivity contribution in [2.45, 2.75) is 225 Å². The van der Waals surface area contributed by atoms with Crippen LogP contribution in [0.1, 0.15) is 219 Å². The first-order valence-corrected chi connectivity index (χ1v) is 24.2. The minimum Gasteiger partial charge on any atom is -0.379 e. The lowest BCUT2D eigenvalue weighted by atomic mass is 10.0. The molecule has 0 aromatic carbocycles. The second-order valence-electron chi connectivity index (χ2n) is 14.5. The zero-order chi connectivity index (χ0) is 35.1. The topological polar surface area (TPSA) is 65.0 Å². The highest BCUT2D eigenvalue weighted by molar-refractivity contribution is 9.09. The van der Waals surface area contributed by atoms with Crippen LogP contribution in [0.4, 0.5) is 0 Å². The number of unbranched alkanes of at least 4 members (excludes halogenated alkanes) is 30. The van der Waals surface area contributed by atoms with E-state index in [4.69, 9.17) is 14.0 Å². The highest BCUT2D eigenvalue weighted by Crippen LogP contribution is 2.42. The standard InChI is InChI=1S/C41H84BrO5P/c1-3-5-7-9-11-13-15-17-19-21-23-25-27-29-31-33-36-45-39-41(40-47-48(43,44)38-35-42)46-37-34-32-30-28-26-24-22-20-18-16-14-12-10-8-6-4-2/h41H,3-40H2,1-2H3,(H,43,44)/t41-/m1/s1. The molecule has 0 aromatic heterocycles. The van der Waals surface area contributed by atoms with Crippen LogP contribution in [0.2, 0.25) is 0 Å². The van der Waals surface area contributed by atoms with Crippen molar-refractivity contribution in [2.24, 2.45) is 0 Å². The Morgan fingerprint density at radius 3 is 1.12 bits per heavy atom. The minimum absolute atomic E-state index is 0.110. The number of hydrogen-bond acceptors (Lipinski definition) is 4. The summed E-state index contributed by atoms with van der Waals surface area (Å²) in [6, 6.07) is 0. The average Bonchev–Trinajstić information content (AvgIpc) is 3.07. The van der Waals surface area contributed by atoms with Crippen LogP contribution in [0.25, 0.3) is 0 Å². The van der Waals surface area contributed by atoms with Crippen LogP contribution in [-0.4, -0.2) is 48.9 Å².